The van der Waals surface area contributed by atoms with E-state index < -0.39 is 5.41 Å². The molecule has 0 saturated heterocycles. The molecule has 80 valence electrons. The van der Waals surface area contributed by atoms with Gasteiger partial charge in [0.2, 0.25) is 6.20 Å². The van der Waals surface area contributed by atoms with E-state index in [1.54, 1.807) is 23.9 Å². The normalized spacial score (nSPS) is 13.3. The number of hydrogen-bond donors (Lipinski definition) is 1. The van der Waals surface area contributed by atoms with Crippen molar-refractivity contribution < 1.29 is 9.48 Å². The van der Waals surface area contributed by atoms with Crippen molar-refractivity contribution >= 4 is 5.78 Å². The summed E-state index contributed by atoms with van der Waals surface area (Å²) in [6.45, 7) is 14.3. The van der Waals surface area contributed by atoms with Crippen molar-refractivity contribution in [3.05, 3.63) is 29.4 Å². The maximum Gasteiger partial charge on any atom is 0.431 e. The zero-order valence-electron chi connectivity index (χ0n) is 9.53. The van der Waals surface area contributed by atoms with Crippen LogP contribution in [-0.2, 0) is 0 Å². The number of aromatic amines is 1. The number of carbonyl (C=O) groups excluding carboxylic acids is 1. The fraction of sp³-hybridized carbons (Fsp3) is 0.545. The number of ketones is 1. The highest BCUT2D eigenvalue weighted by Crippen LogP contribution is 2.18. The Labute approximate surface area is 89.7 Å². The summed E-state index contributed by atoms with van der Waals surface area (Å²) < 4.78 is 1.63. The lowest BCUT2D eigenvalue weighted by Gasteiger charge is -2.13. The Hall–Kier alpha value is -1.63. The van der Waals surface area contributed by atoms with Crippen LogP contribution in [0.5, 0.6) is 0 Å². The number of rotatable bonds is 2. The molecule has 4 nitrogen and oxygen atoms in total. The monoisotopic (exact) mass is 206 g/mol. The first-order valence-electron chi connectivity index (χ1n) is 4.88. The van der Waals surface area contributed by atoms with Crippen LogP contribution in [0.2, 0.25) is 0 Å². The molecule has 0 aliphatic heterocycles. The summed E-state index contributed by atoms with van der Waals surface area (Å²) in [5, 5.41) is 2.92. The van der Waals surface area contributed by atoms with Crippen LogP contribution < -0.4 is 4.68 Å². The third-order valence-corrected chi connectivity index (χ3v) is 2.17. The molecule has 0 aromatic carbocycles. The first-order valence-corrected chi connectivity index (χ1v) is 4.88. The summed E-state index contributed by atoms with van der Waals surface area (Å²) in [5.41, 5.74) is 0.155. The predicted octanol–water partition coefficient (Wildman–Crippen LogP) is 1.97. The van der Waals surface area contributed by atoms with Crippen LogP contribution in [0.4, 0.5) is 0 Å². The Kier molecular flexibility index (Phi) is 2.94. The summed E-state index contributed by atoms with van der Waals surface area (Å²) in [6.07, 6.45) is 1.42. The van der Waals surface area contributed by atoms with Crippen molar-refractivity contribution in [3.8, 4) is 0 Å². The van der Waals surface area contributed by atoms with Gasteiger partial charge in [-0.1, -0.05) is 20.8 Å². The minimum absolute atomic E-state index is 0.0541. The highest BCUT2D eigenvalue weighted by Gasteiger charge is 2.27. The smallest absolute Gasteiger partial charge is 0.292 e. The minimum atomic E-state index is -0.399. The Balaban J connectivity index is 2.96. The van der Waals surface area contributed by atoms with Crippen molar-refractivity contribution in [2.45, 2.75) is 33.9 Å². The fourth-order valence-electron chi connectivity index (χ4n) is 1.18. The molecular weight excluding hydrogens is 190 g/mol. The molecule has 1 aromatic rings. The predicted molar refractivity (Wildman–Crippen MR) is 56.1 cm³/mol. The van der Waals surface area contributed by atoms with E-state index in [0.717, 1.165) is 0 Å². The van der Waals surface area contributed by atoms with Gasteiger partial charge in [-0.25, -0.2) is 11.4 Å². The van der Waals surface area contributed by atoms with Crippen molar-refractivity contribution in [2.24, 2.45) is 5.41 Å². The molecule has 15 heavy (non-hydrogen) atoms. The highest BCUT2D eigenvalue weighted by atomic mass is 16.1. The molecule has 0 aliphatic rings. The zero-order valence-corrected chi connectivity index (χ0v) is 9.53. The van der Waals surface area contributed by atoms with Gasteiger partial charge < -0.3 is 0 Å². The molecule has 1 N–H and O–H groups in total. The SMILES string of the molecule is [C-]#[N+]C(C)[n+]1ccc(C(=O)C(C)(C)C)[nH]1. The van der Waals surface area contributed by atoms with E-state index >= 15 is 0 Å². The Morgan fingerprint density at radius 3 is 2.67 bits per heavy atom. The number of Topliss-reactive ketones (excluding diaryl/α,β-unsaturated/α-hetero) is 1. The van der Waals surface area contributed by atoms with Crippen LogP contribution in [0.25, 0.3) is 4.85 Å². The molecule has 0 bridgehead atoms. The lowest BCUT2D eigenvalue weighted by Crippen LogP contribution is -2.38. The standard InChI is InChI=1S/C11H15N3O/c1-8(12-5)14-7-6-9(13-14)10(15)11(2,3)4/h6-8H,1-4H3/p+1. The summed E-state index contributed by atoms with van der Waals surface area (Å²) >= 11 is 0. The van der Waals surface area contributed by atoms with E-state index in [1.807, 2.05) is 20.8 Å². The van der Waals surface area contributed by atoms with Gasteiger partial charge in [0.1, 0.15) is 5.69 Å². The van der Waals surface area contributed by atoms with Crippen molar-refractivity contribution in [3.63, 3.8) is 0 Å². The number of nitrogens with zero attached hydrogens (tertiary/aromatic N) is 2. The minimum Gasteiger partial charge on any atom is -0.292 e. The van der Waals surface area contributed by atoms with E-state index in [4.69, 9.17) is 6.57 Å². The molecule has 0 saturated carbocycles. The Morgan fingerprint density at radius 2 is 2.20 bits per heavy atom. The molecule has 0 amide bonds. The average molecular weight is 206 g/mol. The second-order valence-electron chi connectivity index (χ2n) is 4.59. The van der Waals surface area contributed by atoms with E-state index in [9.17, 15) is 4.79 Å². The van der Waals surface area contributed by atoms with Gasteiger partial charge in [-0.05, 0) is 4.68 Å². The van der Waals surface area contributed by atoms with Gasteiger partial charge in [-0.2, -0.15) is 5.10 Å². The molecule has 1 heterocycles. The third-order valence-electron chi connectivity index (χ3n) is 2.17. The first kappa shape index (κ1) is 11.4. The van der Waals surface area contributed by atoms with Gasteiger partial charge in [0.25, 0.3) is 0 Å². The van der Waals surface area contributed by atoms with Gasteiger partial charge in [0.05, 0.1) is 6.92 Å². The topological polar surface area (TPSA) is 41.1 Å². The molecule has 1 atom stereocenters. The van der Waals surface area contributed by atoms with Crippen LogP contribution in [0.1, 0.15) is 44.3 Å². The largest absolute Gasteiger partial charge is 0.431 e. The van der Waals surface area contributed by atoms with Gasteiger partial charge in [0, 0.05) is 11.5 Å². The maximum atomic E-state index is 11.9. The van der Waals surface area contributed by atoms with Crippen molar-refractivity contribution in [2.75, 3.05) is 0 Å². The second-order valence-corrected chi connectivity index (χ2v) is 4.59. The lowest BCUT2D eigenvalue weighted by atomic mass is 9.89. The summed E-state index contributed by atoms with van der Waals surface area (Å²) in [7, 11) is 0. The molecule has 1 rings (SSSR count). The maximum absolute atomic E-state index is 11.9. The summed E-state index contributed by atoms with van der Waals surface area (Å²) in [4.78, 5) is 15.2. The summed E-state index contributed by atoms with van der Waals surface area (Å²) in [5.74, 6) is 0.0541. The molecular formula is C11H16N3O+. The molecule has 4 heteroatoms. The van der Waals surface area contributed by atoms with Crippen molar-refractivity contribution in [1.29, 1.82) is 0 Å². The number of H-pyrrole nitrogens is 1. The fourth-order valence-corrected chi connectivity index (χ4v) is 1.18. The molecule has 1 unspecified atom stereocenters. The Morgan fingerprint density at radius 1 is 1.60 bits per heavy atom. The number of nitrogens with one attached hydrogen (secondary N) is 1. The zero-order chi connectivity index (χ0) is 11.6. The highest BCUT2D eigenvalue weighted by molar-refractivity contribution is 5.97. The molecule has 0 spiro atoms. The molecule has 0 aliphatic carbocycles. The van der Waals surface area contributed by atoms with Gasteiger partial charge >= 0.3 is 6.17 Å². The van der Waals surface area contributed by atoms with E-state index in [0.29, 0.717) is 5.69 Å². The number of carbonyl (C=O) groups is 1. The van der Waals surface area contributed by atoms with E-state index in [-0.39, 0.29) is 11.9 Å². The first-order chi connectivity index (χ1) is 6.86. The van der Waals surface area contributed by atoms with Gasteiger partial charge in [0.15, 0.2) is 5.78 Å². The van der Waals surface area contributed by atoms with Crippen LogP contribution in [0.3, 0.4) is 0 Å². The van der Waals surface area contributed by atoms with Crippen LogP contribution in [0, 0.1) is 12.0 Å². The van der Waals surface area contributed by atoms with Crippen LogP contribution >= 0.6 is 0 Å². The van der Waals surface area contributed by atoms with E-state index in [2.05, 4.69) is 9.94 Å². The quantitative estimate of drug-likeness (QED) is 0.448. The number of aromatic nitrogens is 2. The van der Waals surface area contributed by atoms with Gasteiger partial charge in [-0.3, -0.25) is 4.79 Å². The molecule has 1 aromatic heterocycles. The Bertz CT molecular complexity index is 406. The molecule has 0 radical (unpaired) electrons. The van der Waals surface area contributed by atoms with Crippen molar-refractivity contribution in [1.82, 2.24) is 5.10 Å². The van der Waals surface area contributed by atoms with Crippen LogP contribution in [-0.4, -0.2) is 10.9 Å². The number of hydrogen-bond acceptors (Lipinski definition) is 1. The summed E-state index contributed by atoms with van der Waals surface area (Å²) in [6, 6.07) is 1.72. The molecule has 0 fully saturated rings. The lowest BCUT2D eigenvalue weighted by molar-refractivity contribution is -0.761. The third kappa shape index (κ3) is 2.44. The average Bonchev–Trinajstić information content (AvgIpc) is 2.62. The van der Waals surface area contributed by atoms with Crippen LogP contribution in [0.15, 0.2) is 12.3 Å². The van der Waals surface area contributed by atoms with Gasteiger partial charge in [-0.15, -0.1) is 0 Å². The second kappa shape index (κ2) is 3.85. The van der Waals surface area contributed by atoms with E-state index in [1.165, 1.54) is 0 Å².